The summed E-state index contributed by atoms with van der Waals surface area (Å²) in [6.45, 7) is 5.41. The molecule has 0 fully saturated rings. The van der Waals surface area contributed by atoms with Gasteiger partial charge in [-0.1, -0.05) is 50.1 Å². The van der Waals surface area contributed by atoms with Crippen LogP contribution < -0.4 is 15.7 Å². The summed E-state index contributed by atoms with van der Waals surface area (Å²) < 4.78 is 1.16. The van der Waals surface area contributed by atoms with Gasteiger partial charge < -0.3 is 15.1 Å². The van der Waals surface area contributed by atoms with Crippen molar-refractivity contribution in [3.8, 4) is 0 Å². The van der Waals surface area contributed by atoms with Crippen LogP contribution in [-0.4, -0.2) is 39.2 Å². The molecule has 1 aliphatic heterocycles. The molecule has 0 saturated heterocycles. The van der Waals surface area contributed by atoms with Crippen molar-refractivity contribution in [2.45, 2.75) is 65.0 Å². The third-order valence-electron chi connectivity index (χ3n) is 7.57. The molecule has 8 nitrogen and oxygen atoms in total. The molecular weight excluding hydrogens is 514 g/mol. The highest BCUT2D eigenvalue weighted by molar-refractivity contribution is 6.30. The van der Waals surface area contributed by atoms with Gasteiger partial charge in [-0.3, -0.25) is 14.6 Å². The minimum Gasteiger partial charge on any atom is -0.411 e. The van der Waals surface area contributed by atoms with E-state index >= 15 is 0 Å². The number of allylic oxidation sites excluding steroid dienone is 1. The minimum atomic E-state index is -0.319. The molecule has 1 N–H and O–H groups in total. The first-order chi connectivity index (χ1) is 18.9. The first-order valence-electron chi connectivity index (χ1n) is 13.6. The second-order valence-electron chi connectivity index (χ2n) is 10.2. The van der Waals surface area contributed by atoms with Crippen LogP contribution in [0.2, 0.25) is 5.02 Å². The Morgan fingerprint density at radius 3 is 2.90 bits per heavy atom. The highest BCUT2D eigenvalue weighted by Gasteiger charge is 2.28. The Hall–Kier alpha value is -3.65. The number of amides is 1. The lowest BCUT2D eigenvalue weighted by Gasteiger charge is -2.29. The minimum absolute atomic E-state index is 0.160. The lowest BCUT2D eigenvalue weighted by molar-refractivity contribution is 0.0722. The Kier molecular flexibility index (Phi) is 8.02. The van der Waals surface area contributed by atoms with Crippen molar-refractivity contribution in [1.82, 2.24) is 19.6 Å². The molecule has 2 aromatic heterocycles. The molecule has 0 saturated carbocycles. The van der Waals surface area contributed by atoms with Crippen LogP contribution in [0.25, 0.3) is 6.08 Å². The summed E-state index contributed by atoms with van der Waals surface area (Å²) in [7, 11) is 1.44. The van der Waals surface area contributed by atoms with Gasteiger partial charge in [-0.15, -0.1) is 4.73 Å². The van der Waals surface area contributed by atoms with Gasteiger partial charge in [0.25, 0.3) is 11.5 Å². The molecule has 3 aromatic rings. The molecule has 204 valence electrons. The predicted octanol–water partition coefficient (Wildman–Crippen LogP) is 5.02. The first kappa shape index (κ1) is 26.9. The van der Waals surface area contributed by atoms with Crippen molar-refractivity contribution in [2.75, 3.05) is 19.0 Å². The van der Waals surface area contributed by atoms with Crippen LogP contribution in [0.3, 0.4) is 0 Å². The van der Waals surface area contributed by atoms with E-state index in [-0.39, 0.29) is 18.0 Å². The van der Waals surface area contributed by atoms with E-state index < -0.39 is 0 Å². The number of nitrogens with zero attached hydrogens (tertiary/aromatic N) is 4. The number of nitrogens with one attached hydrogen (secondary N) is 1. The molecule has 1 amide bonds. The number of rotatable bonds is 8. The first-order valence-corrected chi connectivity index (χ1v) is 13.9. The van der Waals surface area contributed by atoms with Crippen LogP contribution in [0.5, 0.6) is 0 Å². The SMILES string of the molecule is CCCCc1cc(Cl)ccc1CNc1nc2c(c(=O)n1OC)CN(C(=O)c1cc3c(cn1)C(C)CC=C3)CC2. The summed E-state index contributed by atoms with van der Waals surface area (Å²) in [4.78, 5) is 43.1. The zero-order chi connectivity index (χ0) is 27.5. The Balaban J connectivity index is 1.36. The Morgan fingerprint density at radius 2 is 2.10 bits per heavy atom. The van der Waals surface area contributed by atoms with Crippen LogP contribution in [0, 0.1) is 0 Å². The van der Waals surface area contributed by atoms with E-state index in [1.807, 2.05) is 30.3 Å². The summed E-state index contributed by atoms with van der Waals surface area (Å²) in [6.07, 6.45) is 10.5. The van der Waals surface area contributed by atoms with Crippen molar-refractivity contribution >= 4 is 29.5 Å². The van der Waals surface area contributed by atoms with E-state index in [0.29, 0.717) is 53.4 Å². The standard InChI is InChI=1S/C30H34ClN5O3/c1-4-5-8-20-14-23(31)11-10-22(20)16-33-30-34-26-12-13-35(18-25(26)28(37)36(30)39-3)29(38)27-15-21-9-6-7-19(2)24(21)17-32-27/h6,9-11,14-15,17,19H,4-5,7-8,12-13,16,18H2,1-3H3,(H,33,34). The normalized spacial score (nSPS) is 16.0. The van der Waals surface area contributed by atoms with E-state index in [2.05, 4.69) is 30.2 Å². The number of hydrogen-bond donors (Lipinski definition) is 1. The molecule has 39 heavy (non-hydrogen) atoms. The van der Waals surface area contributed by atoms with Crippen LogP contribution in [0.4, 0.5) is 5.95 Å². The third kappa shape index (κ3) is 5.57. The number of fused-ring (bicyclic) bond motifs is 2. The fraction of sp³-hybridized carbons (Fsp3) is 0.400. The maximum Gasteiger partial charge on any atom is 0.293 e. The maximum absolute atomic E-state index is 13.4. The van der Waals surface area contributed by atoms with Gasteiger partial charge in [0.05, 0.1) is 17.8 Å². The Morgan fingerprint density at radius 1 is 1.26 bits per heavy atom. The van der Waals surface area contributed by atoms with Crippen molar-refractivity contribution in [3.63, 3.8) is 0 Å². The zero-order valence-electron chi connectivity index (χ0n) is 22.7. The van der Waals surface area contributed by atoms with Crippen LogP contribution in [0.15, 0.2) is 41.3 Å². The number of pyridine rings is 1. The summed E-state index contributed by atoms with van der Waals surface area (Å²) in [5.74, 6) is 0.533. The third-order valence-corrected chi connectivity index (χ3v) is 7.81. The van der Waals surface area contributed by atoms with Crippen LogP contribution in [0.1, 0.15) is 83.0 Å². The van der Waals surface area contributed by atoms with Gasteiger partial charge >= 0.3 is 0 Å². The van der Waals surface area contributed by atoms with Crippen molar-refractivity contribution in [1.29, 1.82) is 0 Å². The van der Waals surface area contributed by atoms with Gasteiger partial charge in [0.1, 0.15) is 12.8 Å². The molecule has 1 aliphatic carbocycles. The van der Waals surface area contributed by atoms with Crippen molar-refractivity contribution in [3.05, 3.63) is 91.1 Å². The molecule has 1 atom stereocenters. The molecule has 9 heteroatoms. The van der Waals surface area contributed by atoms with Gasteiger partial charge in [-0.2, -0.15) is 0 Å². The molecule has 0 spiro atoms. The molecule has 0 radical (unpaired) electrons. The molecule has 5 rings (SSSR count). The number of carbonyl (C=O) groups is 1. The lowest BCUT2D eigenvalue weighted by Crippen LogP contribution is -2.42. The topological polar surface area (TPSA) is 89.4 Å². The summed E-state index contributed by atoms with van der Waals surface area (Å²) >= 11 is 6.24. The summed E-state index contributed by atoms with van der Waals surface area (Å²) in [5.41, 5.74) is 5.66. The largest absolute Gasteiger partial charge is 0.411 e. The van der Waals surface area contributed by atoms with E-state index in [1.165, 1.54) is 12.7 Å². The van der Waals surface area contributed by atoms with Crippen molar-refractivity contribution in [2.24, 2.45) is 0 Å². The smallest absolute Gasteiger partial charge is 0.293 e. The predicted molar refractivity (Wildman–Crippen MR) is 153 cm³/mol. The number of aryl methyl sites for hydroxylation is 1. The van der Waals surface area contributed by atoms with Crippen LogP contribution >= 0.6 is 11.6 Å². The van der Waals surface area contributed by atoms with Gasteiger partial charge in [-0.25, -0.2) is 4.98 Å². The highest BCUT2D eigenvalue weighted by Crippen LogP contribution is 2.29. The van der Waals surface area contributed by atoms with E-state index in [4.69, 9.17) is 21.4 Å². The van der Waals surface area contributed by atoms with Crippen molar-refractivity contribution < 1.29 is 9.63 Å². The van der Waals surface area contributed by atoms with Crippen LogP contribution in [-0.2, 0) is 25.9 Å². The highest BCUT2D eigenvalue weighted by atomic mass is 35.5. The molecule has 3 heterocycles. The number of hydrogen-bond acceptors (Lipinski definition) is 6. The average molecular weight is 548 g/mol. The van der Waals surface area contributed by atoms with E-state index in [1.54, 1.807) is 11.1 Å². The lowest BCUT2D eigenvalue weighted by atomic mass is 9.89. The summed E-state index contributed by atoms with van der Waals surface area (Å²) in [6, 6.07) is 7.72. The summed E-state index contributed by atoms with van der Waals surface area (Å²) in [5, 5.41) is 4.00. The second-order valence-corrected chi connectivity index (χ2v) is 10.7. The number of carbonyl (C=O) groups excluding carboxylic acids is 1. The van der Waals surface area contributed by atoms with Gasteiger partial charge in [0.2, 0.25) is 5.95 Å². The Bertz CT molecular complexity index is 1480. The molecule has 2 aliphatic rings. The van der Waals surface area contributed by atoms with Gasteiger partial charge in [0.15, 0.2) is 0 Å². The molecule has 1 aromatic carbocycles. The Labute approximate surface area is 233 Å². The maximum atomic E-state index is 13.4. The average Bonchev–Trinajstić information content (AvgIpc) is 2.95. The number of aromatic nitrogens is 3. The molecule has 0 bridgehead atoms. The number of anilines is 1. The molecular formula is C30H34ClN5O3. The fourth-order valence-electron chi connectivity index (χ4n) is 5.30. The van der Waals surface area contributed by atoms with E-state index in [9.17, 15) is 9.59 Å². The zero-order valence-corrected chi connectivity index (χ0v) is 23.4. The number of halogens is 1. The second kappa shape index (κ2) is 11.6. The monoisotopic (exact) mass is 547 g/mol. The van der Waals surface area contributed by atoms with E-state index in [0.717, 1.165) is 47.1 Å². The molecule has 1 unspecified atom stereocenters. The number of unbranched alkanes of at least 4 members (excludes halogenated alkanes) is 1. The van der Waals surface area contributed by atoms with Gasteiger partial charge in [0, 0.05) is 30.7 Å². The fourth-order valence-corrected chi connectivity index (χ4v) is 5.49. The van der Waals surface area contributed by atoms with Gasteiger partial charge in [-0.05, 0) is 65.6 Å². The quantitative estimate of drug-likeness (QED) is 0.426. The number of benzene rings is 1.